The molecule has 1 aromatic rings. The van der Waals surface area contributed by atoms with E-state index in [0.717, 1.165) is 38.0 Å². The summed E-state index contributed by atoms with van der Waals surface area (Å²) in [5.74, 6) is 0.178. The molecule has 0 saturated carbocycles. The van der Waals surface area contributed by atoms with Gasteiger partial charge in [0.2, 0.25) is 5.91 Å². The minimum absolute atomic E-state index is 0.0242. The van der Waals surface area contributed by atoms with E-state index < -0.39 is 0 Å². The van der Waals surface area contributed by atoms with E-state index in [2.05, 4.69) is 17.2 Å². The number of nitrogens with zero attached hydrogens (tertiary/aromatic N) is 2. The Morgan fingerprint density at radius 2 is 2.47 bits per heavy atom. The van der Waals surface area contributed by atoms with Crippen LogP contribution in [-0.4, -0.2) is 30.0 Å². The van der Waals surface area contributed by atoms with E-state index in [-0.39, 0.29) is 11.9 Å². The van der Waals surface area contributed by atoms with Crippen LogP contribution in [0.2, 0.25) is 0 Å². The number of amides is 1. The van der Waals surface area contributed by atoms with Gasteiger partial charge < -0.3 is 10.2 Å². The zero-order chi connectivity index (χ0) is 12.1. The molecule has 1 aliphatic rings. The Labute approximate surface area is 102 Å². The topological polar surface area (TPSA) is 45.2 Å². The maximum absolute atomic E-state index is 12.3. The maximum atomic E-state index is 12.3. The molecular weight excluding hydrogens is 214 g/mol. The zero-order valence-corrected chi connectivity index (χ0v) is 10.2. The molecule has 0 radical (unpaired) electrons. The third-order valence-corrected chi connectivity index (χ3v) is 3.04. The van der Waals surface area contributed by atoms with Gasteiger partial charge in [-0.2, -0.15) is 0 Å². The Morgan fingerprint density at radius 1 is 1.59 bits per heavy atom. The van der Waals surface area contributed by atoms with E-state index in [0.29, 0.717) is 0 Å². The van der Waals surface area contributed by atoms with Crippen molar-refractivity contribution in [3.8, 4) is 0 Å². The lowest BCUT2D eigenvalue weighted by Crippen LogP contribution is -2.51. The van der Waals surface area contributed by atoms with Crippen molar-refractivity contribution in [2.24, 2.45) is 0 Å². The van der Waals surface area contributed by atoms with Crippen molar-refractivity contribution in [1.29, 1.82) is 0 Å². The molecular formula is C13H19N3O. The lowest BCUT2D eigenvalue weighted by atomic mass is 10.0. The van der Waals surface area contributed by atoms with Crippen LogP contribution in [0, 0.1) is 0 Å². The number of nitrogens with one attached hydrogen (secondary N) is 1. The van der Waals surface area contributed by atoms with Gasteiger partial charge in [-0.05, 0) is 37.9 Å². The number of piperidine rings is 1. The molecule has 2 heterocycles. The van der Waals surface area contributed by atoms with E-state index in [1.54, 1.807) is 12.4 Å². The Balaban J connectivity index is 2.06. The van der Waals surface area contributed by atoms with Gasteiger partial charge in [0.15, 0.2) is 0 Å². The fraction of sp³-hybridized carbons (Fsp3) is 0.538. The molecule has 1 aliphatic heterocycles. The van der Waals surface area contributed by atoms with Crippen LogP contribution >= 0.6 is 0 Å². The zero-order valence-electron chi connectivity index (χ0n) is 10.2. The minimum Gasteiger partial charge on any atom is -0.310 e. The predicted molar refractivity (Wildman–Crippen MR) is 67.9 cm³/mol. The first-order valence-electron chi connectivity index (χ1n) is 6.27. The number of carbonyl (C=O) groups excluding carboxylic acids is 1. The third kappa shape index (κ3) is 2.82. The summed E-state index contributed by atoms with van der Waals surface area (Å²) >= 11 is 0. The highest BCUT2D eigenvalue weighted by Crippen LogP contribution is 2.19. The Bertz CT molecular complexity index is 366. The van der Waals surface area contributed by atoms with Crippen LogP contribution in [-0.2, 0) is 4.79 Å². The summed E-state index contributed by atoms with van der Waals surface area (Å²) in [5, 5.41) is 3.31. The second-order valence-electron chi connectivity index (χ2n) is 4.35. The standard InChI is InChI=1S/C13H19N3O/c1-2-7-15-12-6-4-9-16(13(12)17)11-5-3-8-14-10-11/h3,5,8,10,12,15H,2,4,6-7,9H2,1H3. The van der Waals surface area contributed by atoms with Gasteiger partial charge in [-0.1, -0.05) is 6.92 Å². The molecule has 0 spiro atoms. The van der Waals surface area contributed by atoms with Gasteiger partial charge >= 0.3 is 0 Å². The third-order valence-electron chi connectivity index (χ3n) is 3.04. The first-order valence-corrected chi connectivity index (χ1v) is 6.27. The van der Waals surface area contributed by atoms with Gasteiger partial charge in [0.1, 0.15) is 0 Å². The highest BCUT2D eigenvalue weighted by molar-refractivity contribution is 5.97. The van der Waals surface area contributed by atoms with Crippen LogP contribution < -0.4 is 10.2 Å². The summed E-state index contributed by atoms with van der Waals surface area (Å²) in [6.07, 6.45) is 6.51. The molecule has 92 valence electrons. The van der Waals surface area contributed by atoms with Gasteiger partial charge in [0.05, 0.1) is 17.9 Å². The predicted octanol–water partition coefficient (Wildman–Crippen LogP) is 1.58. The molecule has 4 heteroatoms. The molecule has 1 atom stereocenters. The van der Waals surface area contributed by atoms with Crippen LogP contribution in [0.5, 0.6) is 0 Å². The first-order chi connectivity index (χ1) is 8.33. The fourth-order valence-corrected chi connectivity index (χ4v) is 2.15. The molecule has 1 amide bonds. The molecule has 4 nitrogen and oxygen atoms in total. The molecule has 1 saturated heterocycles. The van der Waals surface area contributed by atoms with Gasteiger partial charge in [0.25, 0.3) is 0 Å². The fourth-order valence-electron chi connectivity index (χ4n) is 2.15. The summed E-state index contributed by atoms with van der Waals surface area (Å²) in [7, 11) is 0. The Kier molecular flexibility index (Phi) is 4.09. The SMILES string of the molecule is CCCNC1CCCN(c2cccnc2)C1=O. The summed E-state index contributed by atoms with van der Waals surface area (Å²) < 4.78 is 0. The minimum atomic E-state index is -0.0242. The molecule has 0 bridgehead atoms. The molecule has 1 N–H and O–H groups in total. The van der Waals surface area contributed by atoms with E-state index in [1.165, 1.54) is 0 Å². The van der Waals surface area contributed by atoms with Crippen LogP contribution in [0.25, 0.3) is 0 Å². The molecule has 1 aromatic heterocycles. The van der Waals surface area contributed by atoms with Crippen molar-refractivity contribution < 1.29 is 4.79 Å². The van der Waals surface area contributed by atoms with Gasteiger partial charge in [-0.15, -0.1) is 0 Å². The largest absolute Gasteiger partial charge is 0.310 e. The number of carbonyl (C=O) groups is 1. The molecule has 1 unspecified atom stereocenters. The van der Waals surface area contributed by atoms with Crippen molar-refractivity contribution in [1.82, 2.24) is 10.3 Å². The van der Waals surface area contributed by atoms with Gasteiger partial charge in [-0.3, -0.25) is 9.78 Å². The van der Waals surface area contributed by atoms with Crippen molar-refractivity contribution in [2.45, 2.75) is 32.2 Å². The average Bonchev–Trinajstić information content (AvgIpc) is 2.39. The highest BCUT2D eigenvalue weighted by atomic mass is 16.2. The van der Waals surface area contributed by atoms with Gasteiger partial charge in [-0.25, -0.2) is 0 Å². The molecule has 0 aliphatic carbocycles. The number of rotatable bonds is 4. The summed E-state index contributed by atoms with van der Waals surface area (Å²) in [5.41, 5.74) is 0.903. The van der Waals surface area contributed by atoms with Gasteiger partial charge in [0, 0.05) is 12.7 Å². The van der Waals surface area contributed by atoms with Crippen LogP contribution in [0.4, 0.5) is 5.69 Å². The smallest absolute Gasteiger partial charge is 0.244 e. The van der Waals surface area contributed by atoms with E-state index in [1.807, 2.05) is 17.0 Å². The van der Waals surface area contributed by atoms with E-state index in [9.17, 15) is 4.79 Å². The maximum Gasteiger partial charge on any atom is 0.244 e. The van der Waals surface area contributed by atoms with Crippen LogP contribution in [0.15, 0.2) is 24.5 Å². The molecule has 2 rings (SSSR count). The monoisotopic (exact) mass is 233 g/mol. The average molecular weight is 233 g/mol. The number of hydrogen-bond donors (Lipinski definition) is 1. The molecule has 1 fully saturated rings. The second-order valence-corrected chi connectivity index (χ2v) is 4.35. The number of hydrogen-bond acceptors (Lipinski definition) is 3. The quantitative estimate of drug-likeness (QED) is 0.858. The first kappa shape index (κ1) is 12.0. The Hall–Kier alpha value is -1.42. The van der Waals surface area contributed by atoms with Crippen molar-refractivity contribution in [3.63, 3.8) is 0 Å². The van der Waals surface area contributed by atoms with Crippen LogP contribution in [0.1, 0.15) is 26.2 Å². The summed E-state index contributed by atoms with van der Waals surface area (Å²) in [6, 6.07) is 3.78. The number of aromatic nitrogens is 1. The second kappa shape index (κ2) is 5.77. The number of anilines is 1. The van der Waals surface area contributed by atoms with E-state index in [4.69, 9.17) is 0 Å². The van der Waals surface area contributed by atoms with E-state index >= 15 is 0 Å². The number of pyridine rings is 1. The lowest BCUT2D eigenvalue weighted by molar-refractivity contribution is -0.121. The molecule has 0 aromatic carbocycles. The highest BCUT2D eigenvalue weighted by Gasteiger charge is 2.28. The van der Waals surface area contributed by atoms with Crippen molar-refractivity contribution in [3.05, 3.63) is 24.5 Å². The van der Waals surface area contributed by atoms with Crippen molar-refractivity contribution >= 4 is 11.6 Å². The summed E-state index contributed by atoms with van der Waals surface area (Å²) in [6.45, 7) is 3.81. The summed E-state index contributed by atoms with van der Waals surface area (Å²) in [4.78, 5) is 18.2. The van der Waals surface area contributed by atoms with Crippen LogP contribution in [0.3, 0.4) is 0 Å². The molecule has 17 heavy (non-hydrogen) atoms. The Morgan fingerprint density at radius 3 is 3.18 bits per heavy atom. The van der Waals surface area contributed by atoms with Crippen molar-refractivity contribution in [2.75, 3.05) is 18.0 Å². The normalized spacial score (nSPS) is 20.6. The lowest BCUT2D eigenvalue weighted by Gasteiger charge is -2.32.